The van der Waals surface area contributed by atoms with Gasteiger partial charge in [0.15, 0.2) is 0 Å². The second-order valence-electron chi connectivity index (χ2n) is 6.90. The van der Waals surface area contributed by atoms with Gasteiger partial charge in [0.2, 0.25) is 15.9 Å². The lowest BCUT2D eigenvalue weighted by Gasteiger charge is -2.18. The lowest BCUT2D eigenvalue weighted by Crippen LogP contribution is -2.35. The number of hydrogen-bond acceptors (Lipinski definition) is 5. The van der Waals surface area contributed by atoms with Crippen molar-refractivity contribution in [2.24, 2.45) is 0 Å². The van der Waals surface area contributed by atoms with Crippen molar-refractivity contribution in [3.05, 3.63) is 84.2 Å². The Hall–Kier alpha value is -3.43. The second-order valence-corrected chi connectivity index (χ2v) is 8.92. The van der Waals surface area contributed by atoms with Gasteiger partial charge in [0, 0.05) is 12.7 Å². The Morgan fingerprint density at radius 2 is 1.72 bits per heavy atom. The largest absolute Gasteiger partial charge is 0.495 e. The standard InChI is InChI=1S/C23H23FN2O5S/c1-26(32(28,29)22-14-18(24)8-13-21(22)30-2)15-23(27)25-19-9-11-20(12-10-19)31-16-17-6-4-3-5-7-17/h3-14H,15-16H2,1-2H3,(H,25,27). The molecular weight excluding hydrogens is 435 g/mol. The zero-order valence-electron chi connectivity index (χ0n) is 17.6. The predicted molar refractivity (Wildman–Crippen MR) is 119 cm³/mol. The molecule has 32 heavy (non-hydrogen) atoms. The van der Waals surface area contributed by atoms with Gasteiger partial charge in [0.25, 0.3) is 0 Å². The third-order valence-corrected chi connectivity index (χ3v) is 6.39. The zero-order valence-corrected chi connectivity index (χ0v) is 18.4. The third-order valence-electron chi connectivity index (χ3n) is 4.57. The normalized spacial score (nSPS) is 11.2. The van der Waals surface area contributed by atoms with Crippen LogP contribution in [0.1, 0.15) is 5.56 Å². The fourth-order valence-electron chi connectivity index (χ4n) is 2.88. The SMILES string of the molecule is COc1ccc(F)cc1S(=O)(=O)N(C)CC(=O)Nc1ccc(OCc2ccccc2)cc1. The number of nitrogens with zero attached hydrogens (tertiary/aromatic N) is 1. The number of carbonyl (C=O) groups is 1. The van der Waals surface area contributed by atoms with Crippen LogP contribution in [0.3, 0.4) is 0 Å². The molecule has 3 aromatic carbocycles. The number of amides is 1. The van der Waals surface area contributed by atoms with Gasteiger partial charge in [-0.3, -0.25) is 4.79 Å². The molecule has 0 unspecified atom stereocenters. The van der Waals surface area contributed by atoms with Crippen LogP contribution in [0.2, 0.25) is 0 Å². The molecule has 0 aromatic heterocycles. The molecule has 7 nitrogen and oxygen atoms in total. The number of carbonyl (C=O) groups excluding carboxylic acids is 1. The number of likely N-dealkylation sites (N-methyl/N-ethyl adjacent to an activating group) is 1. The molecule has 1 N–H and O–H groups in total. The Morgan fingerprint density at radius 1 is 1.03 bits per heavy atom. The first-order valence-electron chi connectivity index (χ1n) is 9.66. The van der Waals surface area contributed by atoms with E-state index in [1.54, 1.807) is 24.3 Å². The highest BCUT2D eigenvalue weighted by Crippen LogP contribution is 2.27. The molecule has 3 rings (SSSR count). The molecule has 0 bridgehead atoms. The Kier molecular flexibility index (Phi) is 7.45. The molecule has 1 amide bonds. The number of nitrogens with one attached hydrogen (secondary N) is 1. The number of sulfonamides is 1. The second kappa shape index (κ2) is 10.3. The fraction of sp³-hybridized carbons (Fsp3) is 0.174. The maximum absolute atomic E-state index is 13.6. The average molecular weight is 459 g/mol. The van der Waals surface area contributed by atoms with Gasteiger partial charge >= 0.3 is 0 Å². The van der Waals surface area contributed by atoms with Crippen molar-refractivity contribution in [2.45, 2.75) is 11.5 Å². The highest BCUT2D eigenvalue weighted by Gasteiger charge is 2.27. The summed E-state index contributed by atoms with van der Waals surface area (Å²) in [4.78, 5) is 12.0. The van der Waals surface area contributed by atoms with Gasteiger partial charge in [-0.05, 0) is 48.0 Å². The number of halogens is 1. The van der Waals surface area contributed by atoms with Crippen LogP contribution in [0.5, 0.6) is 11.5 Å². The van der Waals surface area contributed by atoms with E-state index in [4.69, 9.17) is 9.47 Å². The Morgan fingerprint density at radius 3 is 2.38 bits per heavy atom. The number of benzene rings is 3. The highest BCUT2D eigenvalue weighted by molar-refractivity contribution is 7.89. The van der Waals surface area contributed by atoms with Gasteiger partial charge in [0.05, 0.1) is 13.7 Å². The predicted octanol–water partition coefficient (Wildman–Crippen LogP) is 3.67. The number of ether oxygens (including phenoxy) is 2. The molecule has 9 heteroatoms. The molecule has 0 atom stereocenters. The average Bonchev–Trinajstić information content (AvgIpc) is 2.79. The van der Waals surface area contributed by atoms with E-state index in [0.29, 0.717) is 18.0 Å². The van der Waals surface area contributed by atoms with E-state index in [1.807, 2.05) is 30.3 Å². The maximum Gasteiger partial charge on any atom is 0.247 e. The molecular formula is C23H23FN2O5S. The van der Waals surface area contributed by atoms with Crippen molar-refractivity contribution in [3.63, 3.8) is 0 Å². The van der Waals surface area contributed by atoms with Gasteiger partial charge < -0.3 is 14.8 Å². The summed E-state index contributed by atoms with van der Waals surface area (Å²) >= 11 is 0. The fourth-order valence-corrected chi connectivity index (χ4v) is 4.17. The first kappa shape index (κ1) is 23.2. The molecule has 168 valence electrons. The van der Waals surface area contributed by atoms with Crippen molar-refractivity contribution >= 4 is 21.6 Å². The first-order valence-corrected chi connectivity index (χ1v) is 11.1. The Labute approximate surface area is 186 Å². The zero-order chi connectivity index (χ0) is 23.1. The van der Waals surface area contributed by atoms with Crippen LogP contribution in [-0.4, -0.2) is 39.3 Å². The minimum absolute atomic E-state index is 0.00949. The topological polar surface area (TPSA) is 84.9 Å². The number of rotatable bonds is 9. The van der Waals surface area contributed by atoms with Crippen LogP contribution in [0.15, 0.2) is 77.7 Å². The van der Waals surface area contributed by atoms with Crippen LogP contribution >= 0.6 is 0 Å². The quantitative estimate of drug-likeness (QED) is 0.529. The van der Waals surface area contributed by atoms with Gasteiger partial charge in [-0.25, -0.2) is 12.8 Å². The van der Waals surface area contributed by atoms with Crippen LogP contribution < -0.4 is 14.8 Å². The molecule has 0 aliphatic heterocycles. The summed E-state index contributed by atoms with van der Waals surface area (Å²) in [7, 11) is -1.62. The van der Waals surface area contributed by atoms with E-state index in [-0.39, 0.29) is 10.6 Å². The number of methoxy groups -OCH3 is 1. The molecule has 0 heterocycles. The molecule has 0 radical (unpaired) electrons. The van der Waals surface area contributed by atoms with E-state index in [0.717, 1.165) is 22.0 Å². The molecule has 0 aliphatic carbocycles. The minimum Gasteiger partial charge on any atom is -0.495 e. The molecule has 0 spiro atoms. The van der Waals surface area contributed by atoms with Crippen molar-refractivity contribution in [1.82, 2.24) is 4.31 Å². The molecule has 0 saturated carbocycles. The summed E-state index contributed by atoms with van der Waals surface area (Å²) in [5.41, 5.74) is 1.51. The van der Waals surface area contributed by atoms with Gasteiger partial charge in [-0.15, -0.1) is 0 Å². The molecule has 0 fully saturated rings. The van der Waals surface area contributed by atoms with Gasteiger partial charge in [0.1, 0.15) is 28.8 Å². The summed E-state index contributed by atoms with van der Waals surface area (Å²) < 4.78 is 50.7. The Balaban J connectivity index is 1.59. The van der Waals surface area contributed by atoms with E-state index in [9.17, 15) is 17.6 Å². The summed E-state index contributed by atoms with van der Waals surface area (Å²) in [6, 6.07) is 19.6. The van der Waals surface area contributed by atoms with Gasteiger partial charge in [-0.2, -0.15) is 4.31 Å². The van der Waals surface area contributed by atoms with Crippen molar-refractivity contribution in [3.8, 4) is 11.5 Å². The lowest BCUT2D eigenvalue weighted by molar-refractivity contribution is -0.116. The van der Waals surface area contributed by atoms with Crippen LogP contribution in [0.25, 0.3) is 0 Å². The van der Waals surface area contributed by atoms with E-state index >= 15 is 0 Å². The molecule has 3 aromatic rings. The molecule has 0 saturated heterocycles. The van der Waals surface area contributed by atoms with E-state index in [2.05, 4.69) is 5.32 Å². The summed E-state index contributed by atoms with van der Waals surface area (Å²) in [6.45, 7) is -0.0486. The highest BCUT2D eigenvalue weighted by atomic mass is 32.2. The molecule has 0 aliphatic rings. The number of anilines is 1. The summed E-state index contributed by atoms with van der Waals surface area (Å²) in [5, 5.41) is 2.63. The lowest BCUT2D eigenvalue weighted by atomic mass is 10.2. The van der Waals surface area contributed by atoms with Crippen LogP contribution in [-0.2, 0) is 21.4 Å². The summed E-state index contributed by atoms with van der Waals surface area (Å²) in [5.74, 6) is -0.657. The maximum atomic E-state index is 13.6. The first-order chi connectivity index (χ1) is 15.3. The minimum atomic E-state index is -4.14. The van der Waals surface area contributed by atoms with E-state index < -0.39 is 28.3 Å². The van der Waals surface area contributed by atoms with Gasteiger partial charge in [-0.1, -0.05) is 30.3 Å². The van der Waals surface area contributed by atoms with E-state index in [1.165, 1.54) is 20.2 Å². The number of hydrogen-bond donors (Lipinski definition) is 1. The van der Waals surface area contributed by atoms with Crippen molar-refractivity contribution in [1.29, 1.82) is 0 Å². The van der Waals surface area contributed by atoms with Crippen LogP contribution in [0, 0.1) is 5.82 Å². The third kappa shape index (κ3) is 5.83. The van der Waals surface area contributed by atoms with Crippen molar-refractivity contribution < 1.29 is 27.1 Å². The van der Waals surface area contributed by atoms with Crippen LogP contribution in [0.4, 0.5) is 10.1 Å². The Bertz CT molecular complexity index is 1170. The monoisotopic (exact) mass is 458 g/mol. The summed E-state index contributed by atoms with van der Waals surface area (Å²) in [6.07, 6.45) is 0. The smallest absolute Gasteiger partial charge is 0.247 e. The van der Waals surface area contributed by atoms with Crippen molar-refractivity contribution in [2.75, 3.05) is 26.0 Å².